The average molecular weight is 245 g/mol. The van der Waals surface area contributed by atoms with Gasteiger partial charge in [-0.2, -0.15) is 0 Å². The van der Waals surface area contributed by atoms with E-state index in [1.54, 1.807) is 0 Å². The SMILES string of the molecule is Cc1cc2nnc(C3(C)CCCC3N)n2c(C)n1. The lowest BCUT2D eigenvalue weighted by molar-refractivity contribution is 0.399. The van der Waals surface area contributed by atoms with Gasteiger partial charge < -0.3 is 5.73 Å². The number of nitrogens with zero attached hydrogens (tertiary/aromatic N) is 4. The summed E-state index contributed by atoms with van der Waals surface area (Å²) in [5, 5.41) is 8.68. The molecule has 0 saturated heterocycles. The number of nitrogens with two attached hydrogens (primary N) is 1. The van der Waals surface area contributed by atoms with Gasteiger partial charge in [0.1, 0.15) is 11.6 Å². The smallest absolute Gasteiger partial charge is 0.164 e. The minimum absolute atomic E-state index is 0.0822. The lowest BCUT2D eigenvalue weighted by Gasteiger charge is -2.27. The maximum Gasteiger partial charge on any atom is 0.164 e. The summed E-state index contributed by atoms with van der Waals surface area (Å²) in [6.07, 6.45) is 3.29. The van der Waals surface area contributed by atoms with E-state index in [2.05, 4.69) is 26.5 Å². The summed E-state index contributed by atoms with van der Waals surface area (Å²) in [6.45, 7) is 6.17. The summed E-state index contributed by atoms with van der Waals surface area (Å²) < 4.78 is 2.05. The van der Waals surface area contributed by atoms with Gasteiger partial charge in [0.2, 0.25) is 0 Å². The molecule has 0 aromatic carbocycles. The van der Waals surface area contributed by atoms with Crippen molar-refractivity contribution >= 4 is 5.65 Å². The van der Waals surface area contributed by atoms with E-state index < -0.39 is 0 Å². The van der Waals surface area contributed by atoms with Crippen molar-refractivity contribution in [2.75, 3.05) is 0 Å². The molecule has 1 fully saturated rings. The van der Waals surface area contributed by atoms with Gasteiger partial charge in [-0.05, 0) is 26.7 Å². The zero-order valence-electron chi connectivity index (χ0n) is 11.1. The van der Waals surface area contributed by atoms with E-state index in [1.807, 2.05) is 19.9 Å². The Balaban J connectivity index is 2.25. The molecule has 18 heavy (non-hydrogen) atoms. The Morgan fingerprint density at radius 2 is 2.17 bits per heavy atom. The first-order valence-corrected chi connectivity index (χ1v) is 6.48. The average Bonchev–Trinajstić information content (AvgIpc) is 2.85. The van der Waals surface area contributed by atoms with Gasteiger partial charge in [-0.25, -0.2) is 4.98 Å². The first kappa shape index (κ1) is 11.6. The van der Waals surface area contributed by atoms with Gasteiger partial charge in [-0.15, -0.1) is 10.2 Å². The summed E-state index contributed by atoms with van der Waals surface area (Å²) in [5.74, 6) is 1.90. The second-order valence-electron chi connectivity index (χ2n) is 5.58. The fourth-order valence-electron chi connectivity index (χ4n) is 3.07. The molecular weight excluding hydrogens is 226 g/mol. The molecule has 1 saturated carbocycles. The van der Waals surface area contributed by atoms with Crippen LogP contribution in [0.5, 0.6) is 0 Å². The number of rotatable bonds is 1. The third kappa shape index (κ3) is 1.47. The molecule has 0 amide bonds. The number of fused-ring (bicyclic) bond motifs is 1. The second-order valence-corrected chi connectivity index (χ2v) is 5.58. The molecule has 2 atom stereocenters. The molecule has 1 aliphatic carbocycles. The van der Waals surface area contributed by atoms with E-state index in [9.17, 15) is 0 Å². The Bertz CT molecular complexity index is 603. The van der Waals surface area contributed by atoms with E-state index in [1.165, 1.54) is 0 Å². The molecule has 2 aromatic rings. The molecule has 2 heterocycles. The Morgan fingerprint density at radius 1 is 1.39 bits per heavy atom. The highest BCUT2D eigenvalue weighted by Gasteiger charge is 2.42. The van der Waals surface area contributed by atoms with Gasteiger partial charge in [-0.1, -0.05) is 13.3 Å². The topological polar surface area (TPSA) is 69.1 Å². The van der Waals surface area contributed by atoms with Crippen LogP contribution in [0.25, 0.3) is 5.65 Å². The molecule has 0 aliphatic heterocycles. The Labute approximate surface area is 106 Å². The molecule has 1 aliphatic rings. The van der Waals surface area contributed by atoms with Gasteiger partial charge in [0.05, 0.1) is 0 Å². The van der Waals surface area contributed by atoms with Crippen molar-refractivity contribution in [3.05, 3.63) is 23.4 Å². The lowest BCUT2D eigenvalue weighted by atomic mass is 9.84. The van der Waals surface area contributed by atoms with Gasteiger partial charge in [0.15, 0.2) is 5.65 Å². The summed E-state index contributed by atoms with van der Waals surface area (Å²) in [5.41, 5.74) is 8.03. The maximum absolute atomic E-state index is 6.27. The highest BCUT2D eigenvalue weighted by atomic mass is 15.3. The molecule has 5 heteroatoms. The van der Waals surface area contributed by atoms with Crippen molar-refractivity contribution in [1.29, 1.82) is 0 Å². The third-order valence-electron chi connectivity index (χ3n) is 4.23. The van der Waals surface area contributed by atoms with Crippen LogP contribution < -0.4 is 5.73 Å². The van der Waals surface area contributed by atoms with Gasteiger partial charge in [0.25, 0.3) is 0 Å². The number of hydrogen-bond acceptors (Lipinski definition) is 4. The van der Waals surface area contributed by atoms with E-state index in [4.69, 9.17) is 5.73 Å². The van der Waals surface area contributed by atoms with Crippen molar-refractivity contribution in [3.63, 3.8) is 0 Å². The zero-order chi connectivity index (χ0) is 12.9. The normalized spacial score (nSPS) is 28.1. The highest BCUT2D eigenvalue weighted by molar-refractivity contribution is 5.41. The Hall–Kier alpha value is -1.49. The summed E-state index contributed by atoms with van der Waals surface area (Å²) in [7, 11) is 0. The minimum Gasteiger partial charge on any atom is -0.327 e. The summed E-state index contributed by atoms with van der Waals surface area (Å²) >= 11 is 0. The Kier molecular flexibility index (Phi) is 2.41. The summed E-state index contributed by atoms with van der Waals surface area (Å²) in [4.78, 5) is 4.50. The van der Waals surface area contributed by atoms with Crippen molar-refractivity contribution in [3.8, 4) is 0 Å². The number of hydrogen-bond donors (Lipinski definition) is 1. The Morgan fingerprint density at radius 3 is 2.83 bits per heavy atom. The largest absolute Gasteiger partial charge is 0.327 e. The number of aryl methyl sites for hydroxylation is 2. The standard InChI is InChI=1S/C13H19N5/c1-8-7-11-16-17-12(18(11)9(2)15-8)13(3)6-4-5-10(13)14/h7,10H,4-6,14H2,1-3H3. The van der Waals surface area contributed by atoms with E-state index >= 15 is 0 Å². The van der Waals surface area contributed by atoms with Crippen LogP contribution >= 0.6 is 0 Å². The molecule has 2 unspecified atom stereocenters. The van der Waals surface area contributed by atoms with Crippen LogP contribution in [-0.2, 0) is 5.41 Å². The van der Waals surface area contributed by atoms with Crippen LogP contribution in [0.15, 0.2) is 6.07 Å². The molecule has 0 radical (unpaired) electrons. The zero-order valence-corrected chi connectivity index (χ0v) is 11.1. The van der Waals surface area contributed by atoms with Crippen LogP contribution in [0, 0.1) is 13.8 Å². The lowest BCUT2D eigenvalue weighted by Crippen LogP contribution is -2.40. The fourth-order valence-corrected chi connectivity index (χ4v) is 3.07. The first-order valence-electron chi connectivity index (χ1n) is 6.48. The predicted molar refractivity (Wildman–Crippen MR) is 69.4 cm³/mol. The monoisotopic (exact) mass is 245 g/mol. The van der Waals surface area contributed by atoms with Crippen LogP contribution in [0.2, 0.25) is 0 Å². The molecule has 2 N–H and O–H groups in total. The van der Waals surface area contributed by atoms with Gasteiger partial charge in [0, 0.05) is 23.2 Å². The molecule has 96 valence electrons. The molecule has 2 aromatic heterocycles. The third-order valence-corrected chi connectivity index (χ3v) is 4.23. The van der Waals surface area contributed by atoms with Crippen LogP contribution in [0.4, 0.5) is 0 Å². The number of aromatic nitrogens is 4. The van der Waals surface area contributed by atoms with E-state index in [0.717, 1.165) is 42.3 Å². The molecule has 0 bridgehead atoms. The minimum atomic E-state index is -0.0822. The van der Waals surface area contributed by atoms with Crippen molar-refractivity contribution in [1.82, 2.24) is 19.6 Å². The van der Waals surface area contributed by atoms with Crippen molar-refractivity contribution in [2.45, 2.75) is 51.5 Å². The van der Waals surface area contributed by atoms with Gasteiger partial charge in [-0.3, -0.25) is 4.40 Å². The highest BCUT2D eigenvalue weighted by Crippen LogP contribution is 2.39. The quantitative estimate of drug-likeness (QED) is 0.826. The van der Waals surface area contributed by atoms with Crippen LogP contribution in [0.3, 0.4) is 0 Å². The van der Waals surface area contributed by atoms with Crippen molar-refractivity contribution < 1.29 is 0 Å². The van der Waals surface area contributed by atoms with Crippen LogP contribution in [0.1, 0.15) is 43.5 Å². The summed E-state index contributed by atoms with van der Waals surface area (Å²) in [6, 6.07) is 2.12. The van der Waals surface area contributed by atoms with Gasteiger partial charge >= 0.3 is 0 Å². The molecule has 0 spiro atoms. The van der Waals surface area contributed by atoms with Crippen molar-refractivity contribution in [2.24, 2.45) is 5.73 Å². The predicted octanol–water partition coefficient (Wildman–Crippen LogP) is 1.51. The van der Waals surface area contributed by atoms with E-state index in [-0.39, 0.29) is 11.5 Å². The second kappa shape index (κ2) is 3.75. The first-order chi connectivity index (χ1) is 8.52. The molecular formula is C13H19N5. The van der Waals surface area contributed by atoms with Crippen LogP contribution in [-0.4, -0.2) is 25.6 Å². The molecule has 5 nitrogen and oxygen atoms in total. The van der Waals surface area contributed by atoms with E-state index in [0.29, 0.717) is 0 Å². The molecule has 3 rings (SSSR count). The fraction of sp³-hybridized carbons (Fsp3) is 0.615. The maximum atomic E-state index is 6.27.